The Morgan fingerprint density at radius 3 is 2.49 bits per heavy atom. The van der Waals surface area contributed by atoms with Gasteiger partial charge in [-0.15, -0.1) is 23.1 Å². The van der Waals surface area contributed by atoms with Gasteiger partial charge in [-0.05, 0) is 66.6 Å². The second-order valence-electron chi connectivity index (χ2n) is 9.35. The normalized spacial score (nSPS) is 16.2. The van der Waals surface area contributed by atoms with Crippen LogP contribution >= 0.6 is 34.7 Å². The molecule has 3 aromatic carbocycles. The van der Waals surface area contributed by atoms with Gasteiger partial charge in [0.25, 0.3) is 0 Å². The molecule has 3 N–H and O–H groups in total. The van der Waals surface area contributed by atoms with Crippen molar-refractivity contribution in [3.05, 3.63) is 122 Å². The summed E-state index contributed by atoms with van der Waals surface area (Å²) in [6, 6.07) is 27.8. The Hall–Kier alpha value is -4.03. The number of benzene rings is 3. The van der Waals surface area contributed by atoms with Gasteiger partial charge < -0.3 is 11.1 Å². The largest absolute Gasteiger partial charge is 0.366 e. The van der Waals surface area contributed by atoms with Gasteiger partial charge in [0.1, 0.15) is 5.37 Å². The van der Waals surface area contributed by atoms with E-state index in [2.05, 4.69) is 17.2 Å². The van der Waals surface area contributed by atoms with E-state index in [4.69, 9.17) is 17.3 Å². The Morgan fingerprint density at radius 2 is 1.73 bits per heavy atom. The van der Waals surface area contributed by atoms with Crippen molar-refractivity contribution in [1.82, 2.24) is 5.32 Å². The van der Waals surface area contributed by atoms with E-state index in [0.29, 0.717) is 29.2 Å². The third-order valence-electron chi connectivity index (χ3n) is 6.44. The first-order chi connectivity index (χ1) is 19.9. The number of hydrogen-bond acceptors (Lipinski definition) is 5. The molecule has 2 unspecified atom stereocenters. The molecule has 6 nitrogen and oxygen atoms in total. The van der Waals surface area contributed by atoms with E-state index in [1.807, 2.05) is 66.7 Å². The van der Waals surface area contributed by atoms with Crippen molar-refractivity contribution in [3.63, 3.8) is 0 Å². The number of nitrogens with one attached hydrogen (secondary N) is 1. The summed E-state index contributed by atoms with van der Waals surface area (Å²) in [5.41, 5.74) is 8.36. The molecule has 1 aromatic heterocycles. The number of hydrogen-bond donors (Lipinski definition) is 2. The Bertz CT molecular complexity index is 1630. The molecular weight excluding hydrogens is 574 g/mol. The zero-order chi connectivity index (χ0) is 28.8. The Labute approximate surface area is 251 Å². The van der Waals surface area contributed by atoms with Gasteiger partial charge in [-0.2, -0.15) is 0 Å². The molecule has 1 aliphatic heterocycles. The summed E-state index contributed by atoms with van der Waals surface area (Å²) < 4.78 is 0. The number of amides is 3. The standard InChI is InChI=1S/C32H26ClN3O3S2/c33-24-12-9-22(10-13-24)17-18-35-29(37)20-28-31(39)36(25-8-4-7-23(19-25)30(34)38)32(41-28)27-16-15-26(40-27)14-11-21-5-2-1-3-6-21/h1-10,12-13,15-16,19,28,32H,17-18,20H2,(H2,34,38)(H,35,37). The summed E-state index contributed by atoms with van der Waals surface area (Å²) in [7, 11) is 0. The van der Waals surface area contributed by atoms with Crippen LogP contribution in [0.3, 0.4) is 0 Å². The highest BCUT2D eigenvalue weighted by atomic mass is 35.5. The minimum atomic E-state index is -0.589. The molecule has 0 radical (unpaired) electrons. The summed E-state index contributed by atoms with van der Waals surface area (Å²) in [6.07, 6.45) is 0.698. The monoisotopic (exact) mass is 599 g/mol. The molecule has 206 valence electrons. The molecule has 1 saturated heterocycles. The van der Waals surface area contributed by atoms with E-state index in [0.717, 1.165) is 20.9 Å². The third-order valence-corrected chi connectivity index (χ3v) is 9.32. The van der Waals surface area contributed by atoms with Gasteiger partial charge in [0, 0.05) is 39.7 Å². The van der Waals surface area contributed by atoms with Crippen molar-refractivity contribution in [2.45, 2.75) is 23.5 Å². The molecule has 9 heteroatoms. The molecular formula is C32H26ClN3O3S2. The third kappa shape index (κ3) is 7.19. The van der Waals surface area contributed by atoms with Crippen LogP contribution in [0, 0.1) is 11.8 Å². The molecule has 2 heterocycles. The Balaban J connectivity index is 1.33. The van der Waals surface area contributed by atoms with Crippen molar-refractivity contribution < 1.29 is 14.4 Å². The maximum atomic E-state index is 13.7. The molecule has 0 spiro atoms. The summed E-state index contributed by atoms with van der Waals surface area (Å²) in [5, 5.41) is 2.62. The Morgan fingerprint density at radius 1 is 0.951 bits per heavy atom. The first kappa shape index (κ1) is 28.5. The van der Waals surface area contributed by atoms with Crippen molar-refractivity contribution >= 4 is 58.1 Å². The lowest BCUT2D eigenvalue weighted by Gasteiger charge is -2.23. The van der Waals surface area contributed by atoms with Crippen molar-refractivity contribution in [1.29, 1.82) is 0 Å². The number of rotatable bonds is 8. The summed E-state index contributed by atoms with van der Waals surface area (Å²) in [4.78, 5) is 41.9. The summed E-state index contributed by atoms with van der Waals surface area (Å²) in [6.45, 7) is 0.453. The first-order valence-electron chi connectivity index (χ1n) is 12.9. The molecule has 41 heavy (non-hydrogen) atoms. The predicted molar refractivity (Wildman–Crippen MR) is 166 cm³/mol. The van der Waals surface area contributed by atoms with Crippen LogP contribution in [0.15, 0.2) is 91.0 Å². The van der Waals surface area contributed by atoms with Crippen molar-refractivity contribution in [3.8, 4) is 11.8 Å². The lowest BCUT2D eigenvalue weighted by molar-refractivity contribution is -0.124. The van der Waals surface area contributed by atoms with Crippen LogP contribution in [0.1, 0.15) is 43.0 Å². The SMILES string of the molecule is NC(=O)c1cccc(N2C(=O)C(CC(=O)NCCc3ccc(Cl)cc3)SC2c2ccc(C#Cc3ccccc3)s2)c1. The lowest BCUT2D eigenvalue weighted by atomic mass is 10.1. The second kappa shape index (κ2) is 13.1. The number of primary amides is 1. The topological polar surface area (TPSA) is 92.5 Å². The van der Waals surface area contributed by atoms with Crippen LogP contribution in [-0.4, -0.2) is 29.5 Å². The molecule has 1 fully saturated rings. The fourth-order valence-corrected chi connectivity index (χ4v) is 7.01. The summed E-state index contributed by atoms with van der Waals surface area (Å²) in [5.74, 6) is 5.40. The summed E-state index contributed by atoms with van der Waals surface area (Å²) >= 11 is 8.87. The highest BCUT2D eigenvalue weighted by molar-refractivity contribution is 8.01. The first-order valence-corrected chi connectivity index (χ1v) is 15.1. The maximum Gasteiger partial charge on any atom is 0.248 e. The number of nitrogens with zero attached hydrogens (tertiary/aromatic N) is 1. The van der Waals surface area contributed by atoms with E-state index in [9.17, 15) is 14.4 Å². The fraction of sp³-hybridized carbons (Fsp3) is 0.156. The van der Waals surface area contributed by atoms with Crippen LogP contribution in [0.5, 0.6) is 0 Å². The maximum absolute atomic E-state index is 13.7. The Kier molecular flexibility index (Phi) is 9.10. The van der Waals surface area contributed by atoms with Gasteiger partial charge >= 0.3 is 0 Å². The van der Waals surface area contributed by atoms with Crippen molar-refractivity contribution in [2.75, 3.05) is 11.4 Å². The fourth-order valence-electron chi connectivity index (χ4n) is 4.39. The number of thiophene rings is 1. The van der Waals surface area contributed by atoms with Crippen LogP contribution in [0.25, 0.3) is 0 Å². The molecule has 2 atom stereocenters. The molecule has 0 bridgehead atoms. The van der Waals surface area contributed by atoms with Gasteiger partial charge in [-0.3, -0.25) is 19.3 Å². The van der Waals surface area contributed by atoms with Crippen LogP contribution in [-0.2, 0) is 16.0 Å². The molecule has 0 saturated carbocycles. The van der Waals surface area contributed by atoms with Crippen LogP contribution in [0.2, 0.25) is 5.02 Å². The number of anilines is 1. The average molecular weight is 600 g/mol. The minimum Gasteiger partial charge on any atom is -0.366 e. The smallest absolute Gasteiger partial charge is 0.248 e. The molecule has 4 aromatic rings. The zero-order valence-electron chi connectivity index (χ0n) is 21.9. The van der Waals surface area contributed by atoms with Gasteiger partial charge in [-0.1, -0.05) is 59.8 Å². The molecule has 3 amide bonds. The van der Waals surface area contributed by atoms with Gasteiger partial charge in [-0.25, -0.2) is 0 Å². The number of carbonyl (C=O) groups is 3. The van der Waals surface area contributed by atoms with Gasteiger partial charge in [0.05, 0.1) is 10.1 Å². The van der Waals surface area contributed by atoms with E-state index in [1.165, 1.54) is 23.1 Å². The van der Waals surface area contributed by atoms with Crippen molar-refractivity contribution in [2.24, 2.45) is 5.73 Å². The van der Waals surface area contributed by atoms with E-state index in [1.54, 1.807) is 29.2 Å². The average Bonchev–Trinajstić information content (AvgIpc) is 3.58. The number of carbonyl (C=O) groups excluding carboxylic acids is 3. The van der Waals surface area contributed by atoms with Gasteiger partial charge in [0.2, 0.25) is 17.7 Å². The second-order valence-corrected chi connectivity index (χ2v) is 12.2. The highest BCUT2D eigenvalue weighted by Gasteiger charge is 2.43. The molecule has 0 aliphatic carbocycles. The van der Waals surface area contributed by atoms with Gasteiger partial charge in [0.15, 0.2) is 0 Å². The molecule has 5 rings (SSSR count). The zero-order valence-corrected chi connectivity index (χ0v) is 24.3. The van der Waals surface area contributed by atoms with Crippen LogP contribution in [0.4, 0.5) is 5.69 Å². The van der Waals surface area contributed by atoms with Crippen LogP contribution < -0.4 is 16.0 Å². The number of nitrogens with two attached hydrogens (primary N) is 1. The minimum absolute atomic E-state index is 0.0404. The lowest BCUT2D eigenvalue weighted by Crippen LogP contribution is -2.34. The quantitative estimate of drug-likeness (QED) is 0.251. The highest BCUT2D eigenvalue weighted by Crippen LogP contribution is 2.48. The number of thioether (sulfide) groups is 1. The van der Waals surface area contributed by atoms with E-state index < -0.39 is 11.2 Å². The van der Waals surface area contributed by atoms with E-state index in [-0.39, 0.29) is 23.6 Å². The van der Waals surface area contributed by atoms with E-state index >= 15 is 0 Å². The number of halogens is 1. The predicted octanol–water partition coefficient (Wildman–Crippen LogP) is 5.80. The molecule has 1 aliphatic rings.